The summed E-state index contributed by atoms with van der Waals surface area (Å²) in [6.07, 6.45) is 0.963. The monoisotopic (exact) mass is 366 g/mol. The third kappa shape index (κ3) is 3.71. The summed E-state index contributed by atoms with van der Waals surface area (Å²) in [6.45, 7) is 2.33. The molecular weight excluding hydrogens is 345 g/mol. The summed E-state index contributed by atoms with van der Waals surface area (Å²) in [6, 6.07) is 7.10. The fraction of sp³-hybridized carbons (Fsp3) is 0.400. The van der Waals surface area contributed by atoms with Crippen LogP contribution >= 0.6 is 0 Å². The normalized spacial score (nSPS) is 20.2. The van der Waals surface area contributed by atoms with E-state index in [-0.39, 0.29) is 41.3 Å². The first-order chi connectivity index (χ1) is 12.5. The van der Waals surface area contributed by atoms with Crippen molar-refractivity contribution in [3.05, 3.63) is 53.3 Å². The summed E-state index contributed by atoms with van der Waals surface area (Å²) in [7, 11) is 1.55. The minimum atomic E-state index is -0.986. The summed E-state index contributed by atoms with van der Waals surface area (Å²) in [4.78, 5) is 0. The first-order valence-electron chi connectivity index (χ1n) is 8.60. The molecule has 0 bridgehead atoms. The Hall–Kier alpha value is -2.05. The van der Waals surface area contributed by atoms with Gasteiger partial charge in [-0.1, -0.05) is 18.2 Å². The number of rotatable bonds is 5. The van der Waals surface area contributed by atoms with Crippen LogP contribution in [0.3, 0.4) is 0 Å². The quantitative estimate of drug-likeness (QED) is 0.742. The van der Waals surface area contributed by atoms with E-state index in [2.05, 4.69) is 0 Å². The molecule has 1 aliphatic rings. The molecule has 1 fully saturated rings. The van der Waals surface area contributed by atoms with E-state index in [1.54, 1.807) is 20.1 Å². The third-order valence-corrected chi connectivity index (χ3v) is 4.59. The van der Waals surface area contributed by atoms with Crippen LogP contribution in [0, 0.1) is 17.5 Å². The molecule has 0 spiro atoms. The largest absolute Gasteiger partial charge is 0.491 e. The molecule has 0 aromatic heterocycles. The van der Waals surface area contributed by atoms with Gasteiger partial charge in [-0.15, -0.1) is 0 Å². The van der Waals surface area contributed by atoms with Crippen LogP contribution in [0.15, 0.2) is 30.3 Å². The number of hydrogen-bond acceptors (Lipinski definition) is 3. The fourth-order valence-corrected chi connectivity index (χ4v) is 3.20. The van der Waals surface area contributed by atoms with E-state index in [1.165, 1.54) is 18.2 Å². The van der Waals surface area contributed by atoms with Crippen molar-refractivity contribution in [2.24, 2.45) is 0 Å². The van der Waals surface area contributed by atoms with Gasteiger partial charge in [-0.3, -0.25) is 0 Å². The smallest absolute Gasteiger partial charge is 0.166 e. The van der Waals surface area contributed by atoms with E-state index in [0.29, 0.717) is 19.4 Å². The molecular formula is C20H21F3O3. The number of hydrogen-bond donors (Lipinski definition) is 0. The van der Waals surface area contributed by atoms with Crippen molar-refractivity contribution in [1.29, 1.82) is 0 Å². The first kappa shape index (κ1) is 18.7. The predicted molar refractivity (Wildman–Crippen MR) is 91.6 cm³/mol. The topological polar surface area (TPSA) is 27.7 Å². The zero-order valence-electron chi connectivity index (χ0n) is 14.7. The summed E-state index contributed by atoms with van der Waals surface area (Å²) >= 11 is 0. The molecule has 140 valence electrons. The Morgan fingerprint density at radius 1 is 1.08 bits per heavy atom. The van der Waals surface area contributed by atoms with Crippen molar-refractivity contribution in [3.8, 4) is 16.9 Å². The second-order valence-electron chi connectivity index (χ2n) is 6.18. The number of halogens is 3. The van der Waals surface area contributed by atoms with Gasteiger partial charge in [-0.05, 0) is 43.0 Å². The highest BCUT2D eigenvalue weighted by Gasteiger charge is 2.27. The lowest BCUT2D eigenvalue weighted by atomic mass is 9.90. The second kappa shape index (κ2) is 8.10. The van der Waals surface area contributed by atoms with Crippen molar-refractivity contribution in [2.75, 3.05) is 20.3 Å². The molecule has 0 aliphatic carbocycles. The van der Waals surface area contributed by atoms with Crippen LogP contribution in [-0.2, 0) is 9.47 Å². The summed E-state index contributed by atoms with van der Waals surface area (Å²) in [5, 5.41) is 0. The highest BCUT2D eigenvalue weighted by molar-refractivity contribution is 5.66. The number of benzene rings is 2. The maximum atomic E-state index is 14.6. The molecule has 6 heteroatoms. The highest BCUT2D eigenvalue weighted by atomic mass is 19.2. The van der Waals surface area contributed by atoms with Gasteiger partial charge in [0.25, 0.3) is 0 Å². The van der Waals surface area contributed by atoms with Gasteiger partial charge in [-0.2, -0.15) is 0 Å². The Kier molecular flexibility index (Phi) is 5.84. The van der Waals surface area contributed by atoms with E-state index in [9.17, 15) is 13.2 Å². The number of methoxy groups -OCH3 is 1. The average Bonchev–Trinajstić information content (AvgIpc) is 2.66. The van der Waals surface area contributed by atoms with E-state index in [0.717, 1.165) is 6.07 Å². The van der Waals surface area contributed by atoms with Crippen molar-refractivity contribution in [3.63, 3.8) is 0 Å². The van der Waals surface area contributed by atoms with Crippen molar-refractivity contribution in [1.82, 2.24) is 0 Å². The average molecular weight is 366 g/mol. The van der Waals surface area contributed by atoms with Gasteiger partial charge >= 0.3 is 0 Å². The van der Waals surface area contributed by atoms with Crippen LogP contribution < -0.4 is 4.74 Å². The van der Waals surface area contributed by atoms with Crippen LogP contribution in [0.5, 0.6) is 5.75 Å². The molecule has 2 aromatic carbocycles. The lowest BCUT2D eigenvalue weighted by Crippen LogP contribution is -2.26. The molecule has 0 saturated carbocycles. The molecule has 0 radical (unpaired) electrons. The van der Waals surface area contributed by atoms with E-state index in [4.69, 9.17) is 14.2 Å². The van der Waals surface area contributed by atoms with Gasteiger partial charge in [0, 0.05) is 18.6 Å². The van der Waals surface area contributed by atoms with Gasteiger partial charge < -0.3 is 14.2 Å². The summed E-state index contributed by atoms with van der Waals surface area (Å²) in [5.41, 5.74) is 0.542. The van der Waals surface area contributed by atoms with Crippen LogP contribution in [0.2, 0.25) is 0 Å². The molecule has 3 nitrogen and oxygen atoms in total. The molecule has 1 saturated heterocycles. The highest BCUT2D eigenvalue weighted by Crippen LogP contribution is 2.35. The lowest BCUT2D eigenvalue weighted by Gasteiger charge is -2.28. The van der Waals surface area contributed by atoms with Gasteiger partial charge in [0.05, 0.1) is 13.2 Å². The lowest BCUT2D eigenvalue weighted by molar-refractivity contribution is -0.151. The minimum Gasteiger partial charge on any atom is -0.491 e. The van der Waals surface area contributed by atoms with Crippen LogP contribution in [0.25, 0.3) is 11.1 Å². The zero-order valence-corrected chi connectivity index (χ0v) is 14.7. The third-order valence-electron chi connectivity index (χ3n) is 4.59. The molecule has 2 unspecified atom stereocenters. The number of ether oxygens (including phenoxy) is 3. The Labute approximate surface area is 150 Å². The van der Waals surface area contributed by atoms with Crippen LogP contribution in [-0.4, -0.2) is 26.6 Å². The summed E-state index contributed by atoms with van der Waals surface area (Å²) < 4.78 is 59.0. The molecule has 1 heterocycles. The van der Waals surface area contributed by atoms with Crippen LogP contribution in [0.4, 0.5) is 13.2 Å². The van der Waals surface area contributed by atoms with E-state index < -0.39 is 17.5 Å². The molecule has 0 amide bonds. The minimum absolute atomic E-state index is 0.0136. The Morgan fingerprint density at radius 2 is 1.88 bits per heavy atom. The molecule has 2 atom stereocenters. The molecule has 1 aliphatic heterocycles. The Balaban J connectivity index is 1.87. The molecule has 3 rings (SSSR count). The van der Waals surface area contributed by atoms with Gasteiger partial charge in [0.1, 0.15) is 0 Å². The van der Waals surface area contributed by atoms with Crippen molar-refractivity contribution in [2.45, 2.75) is 32.0 Å². The SMILES string of the molecule is CCOc1ccc(-c2ccc(C3CCC(OC)OC3)c(F)c2F)cc1F. The van der Waals surface area contributed by atoms with Gasteiger partial charge in [-0.25, -0.2) is 13.2 Å². The molecule has 0 N–H and O–H groups in total. The Morgan fingerprint density at radius 3 is 2.50 bits per heavy atom. The molecule has 2 aromatic rings. The van der Waals surface area contributed by atoms with Crippen molar-refractivity contribution >= 4 is 0 Å². The zero-order chi connectivity index (χ0) is 18.7. The Bertz CT molecular complexity index is 771. The van der Waals surface area contributed by atoms with Crippen LogP contribution in [0.1, 0.15) is 31.2 Å². The maximum Gasteiger partial charge on any atom is 0.166 e. The van der Waals surface area contributed by atoms with Crippen molar-refractivity contribution < 1.29 is 27.4 Å². The maximum absolute atomic E-state index is 14.6. The van der Waals surface area contributed by atoms with E-state index >= 15 is 0 Å². The van der Waals surface area contributed by atoms with E-state index in [1.807, 2.05) is 0 Å². The predicted octanol–water partition coefficient (Wildman–Crippen LogP) is 5.04. The summed E-state index contributed by atoms with van der Waals surface area (Å²) in [5.74, 6) is -2.66. The second-order valence-corrected chi connectivity index (χ2v) is 6.18. The fourth-order valence-electron chi connectivity index (χ4n) is 3.20. The standard InChI is InChI=1S/C20H21F3O3/c1-3-25-17-8-4-12(10-16(17)21)14-6-7-15(20(23)19(14)22)13-5-9-18(24-2)26-11-13/h4,6-8,10,13,18H,3,5,9,11H2,1-2H3. The van der Waals surface area contributed by atoms with Gasteiger partial charge in [0.2, 0.25) is 0 Å². The first-order valence-corrected chi connectivity index (χ1v) is 8.60. The molecule has 26 heavy (non-hydrogen) atoms. The van der Waals surface area contributed by atoms with Gasteiger partial charge in [0.15, 0.2) is 29.5 Å².